The van der Waals surface area contributed by atoms with Crippen LogP contribution in [0.3, 0.4) is 0 Å². The average molecular weight is 276 g/mol. The van der Waals surface area contributed by atoms with Gasteiger partial charge in [-0.15, -0.1) is 0 Å². The van der Waals surface area contributed by atoms with Crippen LogP contribution in [0.15, 0.2) is 30.3 Å². The fourth-order valence-electron chi connectivity index (χ4n) is 2.23. The van der Waals surface area contributed by atoms with Crippen LogP contribution in [0, 0.1) is 5.82 Å². The molecule has 0 fully saturated rings. The highest BCUT2D eigenvalue weighted by molar-refractivity contribution is 5.76. The topological polar surface area (TPSA) is 55.1 Å². The summed E-state index contributed by atoms with van der Waals surface area (Å²) in [5, 5.41) is 13.7. The third-order valence-corrected chi connectivity index (χ3v) is 3.38. The lowest BCUT2D eigenvalue weighted by Crippen LogP contribution is -2.17. The second-order valence-electron chi connectivity index (χ2n) is 4.72. The van der Waals surface area contributed by atoms with Crippen LogP contribution in [0.25, 0.3) is 0 Å². The van der Waals surface area contributed by atoms with Gasteiger partial charge in [0, 0.05) is 24.7 Å². The van der Waals surface area contributed by atoms with Gasteiger partial charge in [0.2, 0.25) is 0 Å². The minimum absolute atomic E-state index is 0.208. The maximum Gasteiger partial charge on any atom is 0.311 e. The van der Waals surface area contributed by atoms with E-state index in [4.69, 9.17) is 0 Å². The Labute approximate surface area is 116 Å². The van der Waals surface area contributed by atoms with Crippen LogP contribution in [0.4, 0.5) is 4.39 Å². The Hall–Kier alpha value is -2.17. The van der Waals surface area contributed by atoms with E-state index in [-0.39, 0.29) is 12.0 Å². The van der Waals surface area contributed by atoms with Crippen molar-refractivity contribution in [3.63, 3.8) is 0 Å². The monoisotopic (exact) mass is 276 g/mol. The van der Waals surface area contributed by atoms with Gasteiger partial charge in [-0.1, -0.05) is 25.1 Å². The van der Waals surface area contributed by atoms with Gasteiger partial charge < -0.3 is 5.11 Å². The van der Waals surface area contributed by atoms with Crippen molar-refractivity contribution >= 4 is 5.97 Å². The van der Waals surface area contributed by atoms with Gasteiger partial charge in [-0.3, -0.25) is 9.48 Å². The second-order valence-corrected chi connectivity index (χ2v) is 4.72. The first-order valence-electron chi connectivity index (χ1n) is 6.52. The van der Waals surface area contributed by atoms with Crippen LogP contribution in [0.2, 0.25) is 0 Å². The zero-order valence-corrected chi connectivity index (χ0v) is 11.5. The molecule has 1 aromatic carbocycles. The third-order valence-electron chi connectivity index (χ3n) is 3.38. The molecule has 2 rings (SSSR count). The molecular weight excluding hydrogens is 259 g/mol. The first-order valence-corrected chi connectivity index (χ1v) is 6.52. The standard InChI is InChI=1S/C15H17FN2O2/c1-3-10-8-11(18(2)17-10)9-13(15(19)20)12-6-4-5-7-14(12)16/h4-8,13H,3,9H2,1-2H3,(H,19,20). The number of carboxylic acids is 1. The molecular formula is C15H17FN2O2. The van der Waals surface area contributed by atoms with Crippen LogP contribution < -0.4 is 0 Å². The molecule has 1 heterocycles. The number of halogens is 1. The minimum Gasteiger partial charge on any atom is -0.481 e. The lowest BCUT2D eigenvalue weighted by Gasteiger charge is -2.13. The predicted octanol–water partition coefficient (Wildman–Crippen LogP) is 2.53. The highest BCUT2D eigenvalue weighted by Gasteiger charge is 2.24. The summed E-state index contributed by atoms with van der Waals surface area (Å²) < 4.78 is 15.5. The number of carboxylic acid groups (broad SMARTS) is 1. The number of benzene rings is 1. The smallest absolute Gasteiger partial charge is 0.311 e. The van der Waals surface area contributed by atoms with Gasteiger partial charge in [0.05, 0.1) is 11.6 Å². The Kier molecular flexibility index (Phi) is 4.17. The van der Waals surface area contributed by atoms with E-state index in [2.05, 4.69) is 5.10 Å². The van der Waals surface area contributed by atoms with Crippen LogP contribution in [-0.4, -0.2) is 20.9 Å². The molecule has 0 saturated carbocycles. The first-order chi connectivity index (χ1) is 9.52. The van der Waals surface area contributed by atoms with Crippen LogP contribution in [-0.2, 0) is 24.7 Å². The lowest BCUT2D eigenvalue weighted by molar-refractivity contribution is -0.138. The van der Waals surface area contributed by atoms with Crippen LogP contribution in [0.1, 0.15) is 29.8 Å². The van der Waals surface area contributed by atoms with Gasteiger partial charge in [-0.05, 0) is 18.6 Å². The largest absolute Gasteiger partial charge is 0.481 e. The molecule has 0 aliphatic carbocycles. The first kappa shape index (κ1) is 14.2. The maximum absolute atomic E-state index is 13.8. The molecule has 106 valence electrons. The Morgan fingerprint density at radius 3 is 2.70 bits per heavy atom. The van der Waals surface area contributed by atoms with Crippen molar-refractivity contribution in [3.8, 4) is 0 Å². The average Bonchev–Trinajstić information content (AvgIpc) is 2.77. The van der Waals surface area contributed by atoms with E-state index >= 15 is 0 Å². The molecule has 0 radical (unpaired) electrons. The Morgan fingerprint density at radius 2 is 2.15 bits per heavy atom. The van der Waals surface area contributed by atoms with Crippen molar-refractivity contribution in [1.29, 1.82) is 0 Å². The molecule has 2 aromatic rings. The molecule has 1 N–H and O–H groups in total. The van der Waals surface area contributed by atoms with E-state index in [1.54, 1.807) is 23.9 Å². The molecule has 0 saturated heterocycles. The van der Waals surface area contributed by atoms with Gasteiger partial charge >= 0.3 is 5.97 Å². The van der Waals surface area contributed by atoms with Crippen LogP contribution in [0.5, 0.6) is 0 Å². The SMILES string of the molecule is CCc1cc(CC(C(=O)O)c2ccccc2F)n(C)n1. The Morgan fingerprint density at radius 1 is 1.45 bits per heavy atom. The predicted molar refractivity (Wildman–Crippen MR) is 73.1 cm³/mol. The van der Waals surface area contributed by atoms with E-state index in [1.807, 2.05) is 13.0 Å². The van der Waals surface area contributed by atoms with E-state index < -0.39 is 17.7 Å². The number of carbonyl (C=O) groups is 1. The summed E-state index contributed by atoms with van der Waals surface area (Å²) in [6, 6.07) is 7.88. The van der Waals surface area contributed by atoms with E-state index in [0.717, 1.165) is 17.8 Å². The quantitative estimate of drug-likeness (QED) is 0.913. The van der Waals surface area contributed by atoms with Crippen molar-refractivity contribution in [1.82, 2.24) is 9.78 Å². The number of aromatic nitrogens is 2. The van der Waals surface area contributed by atoms with Crippen molar-refractivity contribution in [2.24, 2.45) is 7.05 Å². The summed E-state index contributed by atoms with van der Waals surface area (Å²) in [4.78, 5) is 11.4. The van der Waals surface area contributed by atoms with Crippen molar-refractivity contribution in [3.05, 3.63) is 53.1 Å². The zero-order chi connectivity index (χ0) is 14.7. The highest BCUT2D eigenvalue weighted by Crippen LogP contribution is 2.24. The molecule has 1 atom stereocenters. The summed E-state index contributed by atoms with van der Waals surface area (Å²) in [5.74, 6) is -2.43. The molecule has 20 heavy (non-hydrogen) atoms. The van der Waals surface area contributed by atoms with E-state index in [1.165, 1.54) is 12.1 Å². The van der Waals surface area contributed by atoms with Crippen molar-refractivity contribution in [2.45, 2.75) is 25.7 Å². The van der Waals surface area contributed by atoms with Gasteiger partial charge in [0.25, 0.3) is 0 Å². The summed E-state index contributed by atoms with van der Waals surface area (Å²) >= 11 is 0. The number of aryl methyl sites for hydroxylation is 2. The second kappa shape index (κ2) is 5.86. The van der Waals surface area contributed by atoms with Crippen molar-refractivity contribution in [2.75, 3.05) is 0 Å². The number of rotatable bonds is 5. The number of nitrogens with zero attached hydrogens (tertiary/aromatic N) is 2. The maximum atomic E-state index is 13.8. The Bertz CT molecular complexity index is 622. The highest BCUT2D eigenvalue weighted by atomic mass is 19.1. The summed E-state index contributed by atoms with van der Waals surface area (Å²) in [6.07, 6.45) is 1.01. The van der Waals surface area contributed by atoms with Crippen molar-refractivity contribution < 1.29 is 14.3 Å². The fourth-order valence-corrected chi connectivity index (χ4v) is 2.23. The number of aliphatic carboxylic acids is 1. The van der Waals surface area contributed by atoms with Gasteiger partial charge in [-0.2, -0.15) is 5.10 Å². The van der Waals surface area contributed by atoms with Gasteiger partial charge in [0.1, 0.15) is 5.82 Å². The fraction of sp³-hybridized carbons (Fsp3) is 0.333. The van der Waals surface area contributed by atoms with Crippen LogP contribution >= 0.6 is 0 Å². The molecule has 1 aromatic heterocycles. The summed E-state index contributed by atoms with van der Waals surface area (Å²) in [7, 11) is 1.77. The van der Waals surface area contributed by atoms with Gasteiger partial charge in [-0.25, -0.2) is 4.39 Å². The van der Waals surface area contributed by atoms with E-state index in [9.17, 15) is 14.3 Å². The molecule has 0 amide bonds. The Balaban J connectivity index is 2.33. The van der Waals surface area contributed by atoms with Gasteiger partial charge in [0.15, 0.2) is 0 Å². The zero-order valence-electron chi connectivity index (χ0n) is 11.5. The molecule has 0 bridgehead atoms. The lowest BCUT2D eigenvalue weighted by atomic mass is 9.93. The molecule has 4 nitrogen and oxygen atoms in total. The molecule has 5 heteroatoms. The molecule has 0 aliphatic rings. The third kappa shape index (κ3) is 2.87. The van der Waals surface area contributed by atoms with E-state index in [0.29, 0.717) is 0 Å². The molecule has 1 unspecified atom stereocenters. The summed E-state index contributed by atoms with van der Waals surface area (Å²) in [6.45, 7) is 1.98. The number of hydrogen-bond donors (Lipinski definition) is 1. The summed E-state index contributed by atoms with van der Waals surface area (Å²) in [5.41, 5.74) is 1.90. The number of hydrogen-bond acceptors (Lipinski definition) is 2. The molecule has 0 spiro atoms. The minimum atomic E-state index is -1.03. The molecule has 0 aliphatic heterocycles. The normalized spacial score (nSPS) is 12.3.